The normalized spacial score (nSPS) is 20.5. The summed E-state index contributed by atoms with van der Waals surface area (Å²) < 4.78 is 1.75. The molecular formula is C24H34N10O. The highest BCUT2D eigenvalue weighted by Gasteiger charge is 2.34. The highest BCUT2D eigenvalue weighted by molar-refractivity contribution is 5.66. The van der Waals surface area contributed by atoms with Crippen molar-refractivity contribution in [3.63, 3.8) is 0 Å². The molecule has 4 rings (SSSR count). The number of nitrogens with zero attached hydrogens (tertiary/aromatic N) is 8. The largest absolute Gasteiger partial charge is 0.390 e. The molecular weight excluding hydrogens is 444 g/mol. The number of aromatic amines is 1. The van der Waals surface area contributed by atoms with Crippen molar-refractivity contribution in [2.45, 2.75) is 64.3 Å². The fourth-order valence-corrected chi connectivity index (χ4v) is 4.89. The Bertz CT molecular complexity index is 1170. The second kappa shape index (κ2) is 10.8. The minimum Gasteiger partial charge on any atom is -0.390 e. The smallest absolute Gasteiger partial charge is 0.227 e. The fraction of sp³-hybridized carbons (Fsp3) is 0.542. The number of aromatic nitrogens is 6. The van der Waals surface area contributed by atoms with E-state index in [9.17, 15) is 5.11 Å². The minimum absolute atomic E-state index is 0.114. The molecule has 186 valence electrons. The Balaban J connectivity index is 1.62. The maximum atomic E-state index is 9.34. The molecule has 3 unspecified atom stereocenters. The fourth-order valence-electron chi connectivity index (χ4n) is 4.89. The summed E-state index contributed by atoms with van der Waals surface area (Å²) in [7, 11) is 3.93. The Morgan fingerprint density at radius 3 is 2.77 bits per heavy atom. The van der Waals surface area contributed by atoms with Crippen molar-refractivity contribution in [2.24, 2.45) is 7.05 Å². The number of rotatable bonds is 9. The summed E-state index contributed by atoms with van der Waals surface area (Å²) in [5.41, 5.74) is 2.29. The van der Waals surface area contributed by atoms with Crippen molar-refractivity contribution in [3.05, 3.63) is 30.2 Å². The Labute approximate surface area is 205 Å². The molecule has 1 saturated heterocycles. The highest BCUT2D eigenvalue weighted by atomic mass is 16.3. The second-order valence-electron chi connectivity index (χ2n) is 9.20. The molecule has 3 aromatic rings. The van der Waals surface area contributed by atoms with E-state index in [1.54, 1.807) is 16.9 Å². The molecule has 0 aromatic carbocycles. The van der Waals surface area contributed by atoms with Gasteiger partial charge in [0.05, 0.1) is 30.3 Å². The predicted octanol–water partition coefficient (Wildman–Crippen LogP) is 2.82. The molecule has 0 spiro atoms. The number of aliphatic hydroxyl groups is 1. The molecule has 11 heteroatoms. The average molecular weight is 479 g/mol. The van der Waals surface area contributed by atoms with Crippen molar-refractivity contribution in [1.29, 1.82) is 5.26 Å². The van der Waals surface area contributed by atoms with E-state index in [0.717, 1.165) is 37.1 Å². The van der Waals surface area contributed by atoms with Gasteiger partial charge in [-0.25, -0.2) is 4.98 Å². The monoisotopic (exact) mass is 478 g/mol. The topological polar surface area (TPSA) is 135 Å². The zero-order valence-corrected chi connectivity index (χ0v) is 20.8. The Kier molecular flexibility index (Phi) is 7.63. The number of nitriles is 1. The van der Waals surface area contributed by atoms with Crippen molar-refractivity contribution in [3.8, 4) is 17.3 Å². The first-order valence-corrected chi connectivity index (χ1v) is 12.1. The number of piperidine rings is 1. The maximum absolute atomic E-state index is 9.34. The maximum Gasteiger partial charge on any atom is 0.227 e. The molecule has 0 saturated carbocycles. The molecule has 0 aliphatic carbocycles. The summed E-state index contributed by atoms with van der Waals surface area (Å²) in [4.78, 5) is 14.4. The first-order chi connectivity index (χ1) is 16.9. The van der Waals surface area contributed by atoms with Crippen molar-refractivity contribution >= 4 is 17.6 Å². The van der Waals surface area contributed by atoms with E-state index in [0.29, 0.717) is 41.8 Å². The van der Waals surface area contributed by atoms with Crippen LogP contribution in [-0.4, -0.2) is 71.7 Å². The van der Waals surface area contributed by atoms with E-state index < -0.39 is 0 Å². The lowest BCUT2D eigenvalue weighted by atomic mass is 9.89. The first kappa shape index (κ1) is 24.6. The van der Waals surface area contributed by atoms with E-state index >= 15 is 0 Å². The van der Waals surface area contributed by atoms with Crippen LogP contribution < -0.4 is 10.2 Å². The molecule has 0 bridgehead atoms. The lowest BCUT2D eigenvalue weighted by Gasteiger charge is -2.46. The number of hydrogen-bond acceptors (Lipinski definition) is 9. The molecule has 11 nitrogen and oxygen atoms in total. The van der Waals surface area contributed by atoms with Crippen molar-refractivity contribution in [2.75, 3.05) is 23.8 Å². The third kappa shape index (κ3) is 5.61. The van der Waals surface area contributed by atoms with Gasteiger partial charge in [0.1, 0.15) is 5.82 Å². The number of aliphatic hydroxyl groups excluding tert-OH is 1. The van der Waals surface area contributed by atoms with Gasteiger partial charge < -0.3 is 15.3 Å². The van der Waals surface area contributed by atoms with Gasteiger partial charge in [0.25, 0.3) is 0 Å². The van der Waals surface area contributed by atoms with Gasteiger partial charge in [-0.15, -0.1) is 0 Å². The van der Waals surface area contributed by atoms with Crippen LogP contribution in [0.2, 0.25) is 0 Å². The van der Waals surface area contributed by atoms with E-state index in [4.69, 9.17) is 15.2 Å². The third-order valence-corrected chi connectivity index (χ3v) is 6.78. The quantitative estimate of drug-likeness (QED) is 0.424. The van der Waals surface area contributed by atoms with Gasteiger partial charge in [0.2, 0.25) is 5.95 Å². The molecule has 1 aliphatic heterocycles. The van der Waals surface area contributed by atoms with E-state index in [1.807, 2.05) is 19.3 Å². The zero-order chi connectivity index (χ0) is 24.9. The number of H-pyrrole nitrogens is 1. The summed E-state index contributed by atoms with van der Waals surface area (Å²) in [6.45, 7) is 5.16. The van der Waals surface area contributed by atoms with Crippen LogP contribution >= 0.6 is 0 Å². The molecule has 1 fully saturated rings. The highest BCUT2D eigenvalue weighted by Crippen LogP contribution is 2.31. The SMILES string of the molecule is CCC1CC(N(C)c2nc(Nc3cc(CO)[nH]n3)cc(-c3cnn(C)c3)n2)CC(C)N1CCC#N. The lowest BCUT2D eigenvalue weighted by molar-refractivity contribution is 0.0803. The summed E-state index contributed by atoms with van der Waals surface area (Å²) >= 11 is 0. The van der Waals surface area contributed by atoms with E-state index in [-0.39, 0.29) is 12.6 Å². The minimum atomic E-state index is -0.114. The molecule has 4 heterocycles. The summed E-state index contributed by atoms with van der Waals surface area (Å²) in [5.74, 6) is 1.82. The van der Waals surface area contributed by atoms with Crippen LogP contribution in [0.25, 0.3) is 11.3 Å². The Morgan fingerprint density at radius 1 is 1.29 bits per heavy atom. The molecule has 1 aliphatic rings. The number of likely N-dealkylation sites (tertiary alicyclic amines) is 1. The van der Waals surface area contributed by atoms with Crippen LogP contribution in [0.3, 0.4) is 0 Å². The zero-order valence-electron chi connectivity index (χ0n) is 20.8. The van der Waals surface area contributed by atoms with Gasteiger partial charge in [-0.3, -0.25) is 14.7 Å². The van der Waals surface area contributed by atoms with Crippen LogP contribution in [0, 0.1) is 11.3 Å². The van der Waals surface area contributed by atoms with Gasteiger partial charge in [0, 0.05) is 69.1 Å². The van der Waals surface area contributed by atoms with Crippen LogP contribution in [0.4, 0.5) is 17.6 Å². The van der Waals surface area contributed by atoms with Gasteiger partial charge in [-0.2, -0.15) is 20.4 Å². The number of nitrogens with one attached hydrogen (secondary N) is 2. The molecule has 3 atom stereocenters. The predicted molar refractivity (Wildman–Crippen MR) is 134 cm³/mol. The van der Waals surface area contributed by atoms with Crippen LogP contribution in [0.15, 0.2) is 24.5 Å². The van der Waals surface area contributed by atoms with Crippen LogP contribution in [0.1, 0.15) is 45.2 Å². The molecule has 0 amide bonds. The summed E-state index contributed by atoms with van der Waals surface area (Å²) in [5, 5.41) is 32.9. The van der Waals surface area contributed by atoms with Crippen molar-refractivity contribution in [1.82, 2.24) is 34.8 Å². The third-order valence-electron chi connectivity index (χ3n) is 6.78. The molecule has 3 N–H and O–H groups in total. The average Bonchev–Trinajstić information content (AvgIpc) is 3.50. The Hall–Kier alpha value is -3.49. The molecule has 0 radical (unpaired) electrons. The van der Waals surface area contributed by atoms with E-state index in [1.165, 1.54) is 0 Å². The first-order valence-electron chi connectivity index (χ1n) is 12.1. The van der Waals surface area contributed by atoms with Gasteiger partial charge in [0.15, 0.2) is 5.82 Å². The van der Waals surface area contributed by atoms with Gasteiger partial charge in [-0.05, 0) is 26.2 Å². The second-order valence-corrected chi connectivity index (χ2v) is 9.20. The Morgan fingerprint density at radius 2 is 2.11 bits per heavy atom. The van der Waals surface area contributed by atoms with Crippen molar-refractivity contribution < 1.29 is 5.11 Å². The number of aryl methyl sites for hydroxylation is 1. The molecule has 3 aromatic heterocycles. The summed E-state index contributed by atoms with van der Waals surface area (Å²) in [6.07, 6.45) is 7.27. The molecule has 35 heavy (non-hydrogen) atoms. The van der Waals surface area contributed by atoms with Gasteiger partial charge in [-0.1, -0.05) is 6.92 Å². The lowest BCUT2D eigenvalue weighted by Crippen LogP contribution is -2.53. The number of anilines is 3. The number of hydrogen-bond donors (Lipinski definition) is 3. The summed E-state index contributed by atoms with van der Waals surface area (Å²) in [6, 6.07) is 6.98. The standard InChI is InChI=1S/C24H34N10O/c1-5-19-11-20(9-16(2)34(19)8-6-7-25)33(4)24-27-21(17-13-26-32(3)14-17)12-22(29-24)28-23-10-18(15-35)30-31-23/h10,12-14,16,19-20,35H,5-6,8-9,11,15H2,1-4H3,(H2,27,28,29,30,31). The van der Waals surface area contributed by atoms with E-state index in [2.05, 4.69) is 57.4 Å². The van der Waals surface area contributed by atoms with Crippen LogP contribution in [-0.2, 0) is 13.7 Å². The van der Waals surface area contributed by atoms with Gasteiger partial charge >= 0.3 is 0 Å². The van der Waals surface area contributed by atoms with Crippen LogP contribution in [0.5, 0.6) is 0 Å².